The Bertz CT molecular complexity index is 1010. The molecule has 0 radical (unpaired) electrons. The highest BCUT2D eigenvalue weighted by Crippen LogP contribution is 2.40. The van der Waals surface area contributed by atoms with Crippen LogP contribution in [-0.4, -0.2) is 73.3 Å². The van der Waals surface area contributed by atoms with Crippen LogP contribution < -0.4 is 11.1 Å². The summed E-state index contributed by atoms with van der Waals surface area (Å²) in [5.41, 5.74) is 5.48. The first-order valence-corrected chi connectivity index (χ1v) is 10.1. The Morgan fingerprint density at radius 1 is 1.45 bits per heavy atom. The molecule has 1 aromatic heterocycles. The third-order valence-corrected chi connectivity index (χ3v) is 6.03. The molecule has 2 aliphatic rings. The van der Waals surface area contributed by atoms with Crippen molar-refractivity contribution in [2.45, 2.75) is 11.4 Å². The average Bonchev–Trinajstić information content (AvgIpc) is 3.13. The molecule has 5 N–H and O–H groups in total. The van der Waals surface area contributed by atoms with E-state index in [9.17, 15) is 24.3 Å². The van der Waals surface area contributed by atoms with Crippen molar-refractivity contribution in [3.8, 4) is 0 Å². The predicted molar refractivity (Wildman–Crippen MR) is 114 cm³/mol. The van der Waals surface area contributed by atoms with Gasteiger partial charge < -0.3 is 26.1 Å². The van der Waals surface area contributed by atoms with Gasteiger partial charge >= 0.3 is 11.9 Å². The molecule has 2 atom stereocenters. The first kappa shape index (κ1) is 24.2. The molecule has 166 valence electrons. The number of thioether (sulfide) groups is 1. The molecule has 0 saturated carbocycles. The van der Waals surface area contributed by atoms with Crippen molar-refractivity contribution in [3.63, 3.8) is 0 Å². The van der Waals surface area contributed by atoms with Crippen molar-refractivity contribution in [1.82, 2.24) is 15.2 Å². The monoisotopic (exact) mass is 489 g/mol. The van der Waals surface area contributed by atoms with Gasteiger partial charge in [0, 0.05) is 11.1 Å². The summed E-state index contributed by atoms with van der Waals surface area (Å²) >= 11 is 2.30. The van der Waals surface area contributed by atoms with Gasteiger partial charge in [0.1, 0.15) is 22.8 Å². The van der Waals surface area contributed by atoms with Crippen LogP contribution in [0.25, 0.3) is 0 Å². The third kappa shape index (κ3) is 4.81. The van der Waals surface area contributed by atoms with Gasteiger partial charge in [-0.1, -0.05) is 17.8 Å². The summed E-state index contributed by atoms with van der Waals surface area (Å²) in [6.45, 7) is 2.77. The van der Waals surface area contributed by atoms with Crippen molar-refractivity contribution in [1.29, 1.82) is 0 Å². The van der Waals surface area contributed by atoms with Crippen LogP contribution in [0.1, 0.15) is 5.69 Å². The van der Waals surface area contributed by atoms with Gasteiger partial charge in [-0.15, -0.1) is 35.5 Å². The van der Waals surface area contributed by atoms with Crippen LogP contribution in [0.15, 0.2) is 34.5 Å². The van der Waals surface area contributed by atoms with Gasteiger partial charge in [0.25, 0.3) is 11.8 Å². The zero-order chi connectivity index (χ0) is 22.0. The third-order valence-electron chi connectivity index (χ3n) is 4.06. The summed E-state index contributed by atoms with van der Waals surface area (Å²) in [5, 5.41) is 25.0. The van der Waals surface area contributed by atoms with E-state index in [4.69, 9.17) is 10.8 Å². The number of nitrogens with one attached hydrogen (secondary N) is 1. The molecule has 2 aliphatic heterocycles. The highest BCUT2D eigenvalue weighted by atomic mass is 35.5. The molecule has 0 spiro atoms. The smallest absolute Gasteiger partial charge is 0.352 e. The fourth-order valence-electron chi connectivity index (χ4n) is 2.76. The molecule has 1 unspecified atom stereocenters. The number of halogens is 1. The molecule has 15 heteroatoms. The molecule has 0 aromatic carbocycles. The summed E-state index contributed by atoms with van der Waals surface area (Å²) < 4.78 is 0. The minimum atomic E-state index is -1.30. The highest BCUT2D eigenvalue weighted by molar-refractivity contribution is 8.00. The van der Waals surface area contributed by atoms with Crippen LogP contribution in [0.4, 0.5) is 5.13 Å². The van der Waals surface area contributed by atoms with E-state index in [1.54, 1.807) is 0 Å². The number of amides is 2. The normalized spacial score (nSPS) is 20.2. The maximum absolute atomic E-state index is 12.7. The lowest BCUT2D eigenvalue weighted by Gasteiger charge is -2.49. The average molecular weight is 490 g/mol. The number of carboxylic acids is 2. The maximum atomic E-state index is 12.7. The number of carbonyl (C=O) groups excluding carboxylic acids is 2. The van der Waals surface area contributed by atoms with E-state index < -0.39 is 41.8 Å². The van der Waals surface area contributed by atoms with Crippen LogP contribution in [0.5, 0.6) is 0 Å². The molecule has 1 saturated heterocycles. The summed E-state index contributed by atoms with van der Waals surface area (Å²) in [7, 11) is 0. The molecule has 0 aliphatic carbocycles. The Morgan fingerprint density at radius 3 is 2.71 bits per heavy atom. The maximum Gasteiger partial charge on any atom is 0.352 e. The van der Waals surface area contributed by atoms with Crippen molar-refractivity contribution < 1.29 is 34.2 Å². The summed E-state index contributed by atoms with van der Waals surface area (Å²) in [6, 6.07) is -1.01. The number of aromatic nitrogens is 1. The van der Waals surface area contributed by atoms with Gasteiger partial charge in [0.05, 0.1) is 0 Å². The first-order valence-electron chi connectivity index (χ1n) is 8.22. The van der Waals surface area contributed by atoms with E-state index in [0.717, 1.165) is 16.2 Å². The van der Waals surface area contributed by atoms with Crippen molar-refractivity contribution in [3.05, 3.63) is 35.0 Å². The quantitative estimate of drug-likeness (QED) is 0.218. The molecule has 1 aromatic rings. The molecule has 3 rings (SSSR count). The number of nitrogens with zero attached hydrogens (tertiary/aromatic N) is 3. The van der Waals surface area contributed by atoms with Crippen molar-refractivity contribution in [2.24, 2.45) is 5.16 Å². The molecule has 1 fully saturated rings. The Balaban J connectivity index is 0.00000341. The second-order valence-electron chi connectivity index (χ2n) is 5.92. The van der Waals surface area contributed by atoms with Gasteiger partial charge in [-0.3, -0.25) is 14.5 Å². The van der Waals surface area contributed by atoms with Crippen molar-refractivity contribution in [2.75, 3.05) is 18.1 Å². The number of hydrogen-bond donors (Lipinski definition) is 4. The zero-order valence-corrected chi connectivity index (χ0v) is 18.0. The number of allylic oxidation sites excluding steroid dienone is 1. The Hall–Kier alpha value is -3.10. The van der Waals surface area contributed by atoms with Crippen LogP contribution in [0.2, 0.25) is 0 Å². The van der Waals surface area contributed by atoms with E-state index in [2.05, 4.69) is 26.9 Å². The largest absolute Gasteiger partial charge is 0.479 e. The fourth-order valence-corrected chi connectivity index (χ4v) is 4.65. The molecule has 3 heterocycles. The number of carboxylic acid groups (broad SMARTS) is 2. The lowest BCUT2D eigenvalue weighted by Crippen LogP contribution is -2.71. The second kappa shape index (κ2) is 9.80. The lowest BCUT2D eigenvalue weighted by atomic mass is 10.0. The predicted octanol–water partition coefficient (Wildman–Crippen LogP) is -0.123. The minimum absolute atomic E-state index is 0. The Labute approximate surface area is 189 Å². The Kier molecular flexibility index (Phi) is 7.65. The zero-order valence-electron chi connectivity index (χ0n) is 15.5. The van der Waals surface area contributed by atoms with Crippen molar-refractivity contribution >= 4 is 70.1 Å². The number of carbonyl (C=O) groups is 4. The van der Waals surface area contributed by atoms with Crippen LogP contribution in [0.3, 0.4) is 0 Å². The van der Waals surface area contributed by atoms with Gasteiger partial charge in [-0.25, -0.2) is 14.6 Å². The lowest BCUT2D eigenvalue weighted by molar-refractivity contribution is -0.150. The SMILES string of the molecule is C=CC1=C(C(=O)O)N2C(=O)C(NC(=O)/C(=N\OCC(=O)O)c3csc(N)n3)[C@H]2SC1.Cl. The summed E-state index contributed by atoms with van der Waals surface area (Å²) in [4.78, 5) is 57.1. The Morgan fingerprint density at radius 2 is 2.16 bits per heavy atom. The van der Waals surface area contributed by atoms with Gasteiger partial charge in [-0.2, -0.15) is 0 Å². The number of fused-ring (bicyclic) bond motifs is 1. The minimum Gasteiger partial charge on any atom is -0.479 e. The van der Waals surface area contributed by atoms with Gasteiger partial charge in [0.15, 0.2) is 10.8 Å². The standard InChI is InChI=1S/C16H15N5O7S2.ClH/c1-2-6-4-29-14-10(13(25)21(14)11(6)15(26)27)19-12(24)9(20-28-3-8(22)23)7-5-30-16(17)18-7;/h2,5,10,14H,1,3-4H2,(H2,17,18)(H,19,24)(H,22,23)(H,26,27);1H/b20-9-;/t10?,14-;/m1./s1. The number of thiazole rings is 1. The highest BCUT2D eigenvalue weighted by Gasteiger charge is 2.54. The van der Waals surface area contributed by atoms with Gasteiger partial charge in [0.2, 0.25) is 6.61 Å². The second-order valence-corrected chi connectivity index (χ2v) is 7.92. The van der Waals surface area contributed by atoms with Crippen LogP contribution >= 0.6 is 35.5 Å². The molecule has 31 heavy (non-hydrogen) atoms. The topological polar surface area (TPSA) is 185 Å². The molecule has 0 bridgehead atoms. The molecular weight excluding hydrogens is 474 g/mol. The van der Waals surface area contributed by atoms with E-state index >= 15 is 0 Å². The summed E-state index contributed by atoms with van der Waals surface area (Å²) in [5.74, 6) is -3.72. The van der Waals surface area contributed by atoms with E-state index in [-0.39, 0.29) is 34.6 Å². The molecular formula is C16H16ClN5O7S2. The number of oxime groups is 1. The number of nitrogens with two attached hydrogens (primary N) is 1. The number of rotatable bonds is 8. The van der Waals surface area contributed by atoms with E-state index in [0.29, 0.717) is 11.3 Å². The number of aliphatic carboxylic acids is 2. The van der Waals surface area contributed by atoms with Crippen LogP contribution in [-0.2, 0) is 24.0 Å². The summed E-state index contributed by atoms with van der Waals surface area (Å²) in [6.07, 6.45) is 1.38. The van der Waals surface area contributed by atoms with Gasteiger partial charge in [-0.05, 0) is 5.57 Å². The number of hydrogen-bond acceptors (Lipinski definition) is 10. The fraction of sp³-hybridized carbons (Fsp3) is 0.250. The van der Waals surface area contributed by atoms with Crippen LogP contribution in [0, 0.1) is 0 Å². The number of nitrogen functional groups attached to an aromatic ring is 1. The first-order chi connectivity index (χ1) is 14.2. The number of anilines is 1. The van der Waals surface area contributed by atoms with E-state index in [1.807, 2.05) is 0 Å². The molecule has 2 amide bonds. The van der Waals surface area contributed by atoms with E-state index in [1.165, 1.54) is 23.2 Å². The number of β-lactam (4-membered cyclic amide) rings is 1. The molecule has 12 nitrogen and oxygen atoms in total.